The summed E-state index contributed by atoms with van der Waals surface area (Å²) in [4.78, 5) is 16.7. The van der Waals surface area contributed by atoms with Crippen LogP contribution in [0.2, 0.25) is 0 Å². The first kappa shape index (κ1) is 14.0. The van der Waals surface area contributed by atoms with Crippen LogP contribution in [-0.4, -0.2) is 22.8 Å². The van der Waals surface area contributed by atoms with Crippen LogP contribution in [0.4, 0.5) is 0 Å². The van der Waals surface area contributed by atoms with Crippen LogP contribution in [0, 0.1) is 6.92 Å². The average Bonchev–Trinajstić information content (AvgIpc) is 2.61. The van der Waals surface area contributed by atoms with Crippen LogP contribution in [-0.2, 0) is 4.74 Å². The number of carbonyl (C=O) groups excluding carboxylic acids is 1. The fraction of sp³-hybridized carbons (Fsp3) is 0.400. The molecule has 0 radical (unpaired) electrons. The van der Waals surface area contributed by atoms with Gasteiger partial charge in [0.1, 0.15) is 5.60 Å². The minimum absolute atomic E-state index is 0.270. The van der Waals surface area contributed by atoms with E-state index in [0.717, 1.165) is 16.6 Å². The van der Waals surface area contributed by atoms with Gasteiger partial charge in [-0.05, 0) is 46.1 Å². The minimum Gasteiger partial charge on any atom is -0.456 e. The van der Waals surface area contributed by atoms with Gasteiger partial charge in [-0.3, -0.25) is 0 Å². The Hall–Kier alpha value is -1.42. The van der Waals surface area contributed by atoms with E-state index in [4.69, 9.17) is 4.74 Å². The number of hydrogen-bond acceptors (Lipinski definition) is 3. The summed E-state index contributed by atoms with van der Waals surface area (Å²) in [5, 5.41) is 0.921. The van der Waals surface area contributed by atoms with Gasteiger partial charge >= 0.3 is 5.97 Å². The van der Waals surface area contributed by atoms with E-state index >= 15 is 0 Å². The smallest absolute Gasteiger partial charge is 0.341 e. The van der Waals surface area contributed by atoms with E-state index in [2.05, 4.69) is 11.1 Å². The van der Waals surface area contributed by atoms with Gasteiger partial charge in [0.15, 0.2) is 0 Å². The largest absolute Gasteiger partial charge is 0.456 e. The van der Waals surface area contributed by atoms with Crippen molar-refractivity contribution in [1.82, 2.24) is 4.98 Å². The molecular formula is C15H19NO2S. The molecule has 0 aliphatic rings. The van der Waals surface area contributed by atoms with Crippen molar-refractivity contribution >= 4 is 28.6 Å². The molecule has 1 aromatic heterocycles. The molecule has 0 spiro atoms. The molecule has 0 unspecified atom stereocenters. The normalized spacial score (nSPS) is 11.8. The molecule has 2 rings (SSSR count). The van der Waals surface area contributed by atoms with Crippen LogP contribution >= 0.6 is 11.8 Å². The van der Waals surface area contributed by atoms with Crippen molar-refractivity contribution in [2.45, 2.75) is 38.2 Å². The molecule has 0 atom stereocenters. The summed E-state index contributed by atoms with van der Waals surface area (Å²) in [6.07, 6.45) is 2.03. The number of benzene rings is 1. The van der Waals surface area contributed by atoms with Crippen molar-refractivity contribution in [3.63, 3.8) is 0 Å². The number of esters is 1. The van der Waals surface area contributed by atoms with Crippen LogP contribution in [0.15, 0.2) is 23.1 Å². The highest BCUT2D eigenvalue weighted by molar-refractivity contribution is 7.98. The number of carbonyl (C=O) groups is 1. The van der Waals surface area contributed by atoms with Crippen LogP contribution in [0.1, 0.15) is 36.8 Å². The van der Waals surface area contributed by atoms with Gasteiger partial charge in [-0.1, -0.05) is 6.07 Å². The Morgan fingerprint density at radius 2 is 2.00 bits per heavy atom. The summed E-state index contributed by atoms with van der Waals surface area (Å²) in [5.74, 6) is -0.270. The quantitative estimate of drug-likeness (QED) is 0.662. The molecule has 102 valence electrons. The standard InChI is InChI=1S/C15H19NO2S/c1-9-13(14(17)18-15(2,3)4)11-7-6-10(19-5)8-12(11)16-9/h6-8,16H,1-5H3. The summed E-state index contributed by atoms with van der Waals surface area (Å²) >= 11 is 1.68. The lowest BCUT2D eigenvalue weighted by Gasteiger charge is -2.19. The van der Waals surface area contributed by atoms with Gasteiger partial charge in [-0.25, -0.2) is 4.79 Å². The predicted molar refractivity (Wildman–Crippen MR) is 80.0 cm³/mol. The van der Waals surface area contributed by atoms with Gasteiger partial charge in [-0.2, -0.15) is 0 Å². The topological polar surface area (TPSA) is 42.1 Å². The van der Waals surface area contributed by atoms with Crippen molar-refractivity contribution < 1.29 is 9.53 Å². The number of hydrogen-bond donors (Lipinski definition) is 1. The fourth-order valence-electron chi connectivity index (χ4n) is 2.03. The Morgan fingerprint density at radius 3 is 2.58 bits per heavy atom. The van der Waals surface area contributed by atoms with Crippen molar-refractivity contribution in [3.05, 3.63) is 29.5 Å². The van der Waals surface area contributed by atoms with Crippen molar-refractivity contribution in [2.75, 3.05) is 6.26 Å². The Labute approximate surface area is 117 Å². The van der Waals surface area contributed by atoms with E-state index in [0.29, 0.717) is 5.56 Å². The zero-order valence-corrected chi connectivity index (χ0v) is 12.8. The molecule has 1 heterocycles. The van der Waals surface area contributed by atoms with Crippen molar-refractivity contribution in [3.8, 4) is 0 Å². The third kappa shape index (κ3) is 2.95. The van der Waals surface area contributed by atoms with Gasteiger partial charge in [0, 0.05) is 21.5 Å². The van der Waals surface area contributed by atoms with E-state index < -0.39 is 5.60 Å². The molecular weight excluding hydrogens is 258 g/mol. The maximum Gasteiger partial charge on any atom is 0.341 e. The van der Waals surface area contributed by atoms with Crippen molar-refractivity contribution in [1.29, 1.82) is 0 Å². The van der Waals surface area contributed by atoms with Crippen molar-refractivity contribution in [2.24, 2.45) is 0 Å². The first-order valence-electron chi connectivity index (χ1n) is 6.21. The van der Waals surface area contributed by atoms with E-state index in [1.54, 1.807) is 11.8 Å². The number of H-pyrrole nitrogens is 1. The zero-order chi connectivity index (χ0) is 14.2. The van der Waals surface area contributed by atoms with Gasteiger partial charge in [0.2, 0.25) is 0 Å². The summed E-state index contributed by atoms with van der Waals surface area (Å²) in [5.41, 5.74) is 1.98. The Kier molecular flexibility index (Phi) is 3.63. The molecule has 3 nitrogen and oxygen atoms in total. The number of thioether (sulfide) groups is 1. The van der Waals surface area contributed by atoms with Crippen LogP contribution in [0.3, 0.4) is 0 Å². The van der Waals surface area contributed by atoms with Gasteiger partial charge in [0.05, 0.1) is 5.56 Å². The molecule has 0 fully saturated rings. The van der Waals surface area contributed by atoms with Gasteiger partial charge < -0.3 is 9.72 Å². The second-order valence-electron chi connectivity index (χ2n) is 5.54. The SMILES string of the molecule is CSc1ccc2c(C(=O)OC(C)(C)C)c(C)[nH]c2c1. The maximum absolute atomic E-state index is 12.3. The molecule has 4 heteroatoms. The second kappa shape index (κ2) is 4.93. The first-order chi connectivity index (χ1) is 8.81. The molecule has 1 aromatic carbocycles. The zero-order valence-electron chi connectivity index (χ0n) is 12.0. The van der Waals surface area contributed by atoms with Crippen LogP contribution in [0.5, 0.6) is 0 Å². The number of aryl methyl sites for hydroxylation is 1. The summed E-state index contributed by atoms with van der Waals surface area (Å²) < 4.78 is 5.46. The summed E-state index contributed by atoms with van der Waals surface area (Å²) in [6.45, 7) is 7.53. The number of fused-ring (bicyclic) bond motifs is 1. The number of ether oxygens (including phenoxy) is 1. The number of nitrogens with one attached hydrogen (secondary N) is 1. The molecule has 2 aromatic rings. The van der Waals surface area contributed by atoms with Gasteiger partial charge in [0.25, 0.3) is 0 Å². The Balaban J connectivity index is 2.49. The minimum atomic E-state index is -0.480. The van der Waals surface area contributed by atoms with Crippen LogP contribution < -0.4 is 0 Å². The lowest BCUT2D eigenvalue weighted by Crippen LogP contribution is -2.24. The monoisotopic (exact) mass is 277 g/mol. The number of aromatic nitrogens is 1. The molecule has 0 bridgehead atoms. The second-order valence-corrected chi connectivity index (χ2v) is 6.42. The van der Waals surface area contributed by atoms with Crippen LogP contribution in [0.25, 0.3) is 10.9 Å². The lowest BCUT2D eigenvalue weighted by molar-refractivity contribution is 0.00711. The van der Waals surface area contributed by atoms with Gasteiger partial charge in [-0.15, -0.1) is 11.8 Å². The molecule has 1 N–H and O–H groups in total. The predicted octanol–water partition coefficient (Wildman–Crippen LogP) is 4.15. The van der Waals surface area contributed by atoms with E-state index in [-0.39, 0.29) is 5.97 Å². The van der Waals surface area contributed by atoms with E-state index in [9.17, 15) is 4.79 Å². The molecule has 0 saturated carbocycles. The molecule has 0 aliphatic heterocycles. The maximum atomic E-state index is 12.3. The number of rotatable bonds is 2. The lowest BCUT2D eigenvalue weighted by atomic mass is 10.1. The highest BCUT2D eigenvalue weighted by atomic mass is 32.2. The Bertz CT molecular complexity index is 623. The summed E-state index contributed by atoms with van der Waals surface area (Å²) in [6, 6.07) is 6.05. The summed E-state index contributed by atoms with van der Waals surface area (Å²) in [7, 11) is 0. The third-order valence-electron chi connectivity index (χ3n) is 2.80. The molecule has 19 heavy (non-hydrogen) atoms. The van der Waals surface area contributed by atoms with E-state index in [1.807, 2.05) is 46.1 Å². The molecule has 0 saturated heterocycles. The molecule has 0 amide bonds. The first-order valence-corrected chi connectivity index (χ1v) is 7.44. The average molecular weight is 277 g/mol. The highest BCUT2D eigenvalue weighted by Gasteiger charge is 2.22. The fourth-order valence-corrected chi connectivity index (χ4v) is 2.47. The third-order valence-corrected chi connectivity index (χ3v) is 3.52. The molecule has 0 aliphatic carbocycles. The number of aromatic amines is 1. The highest BCUT2D eigenvalue weighted by Crippen LogP contribution is 2.27. The van der Waals surface area contributed by atoms with E-state index in [1.165, 1.54) is 4.90 Å². The Morgan fingerprint density at radius 1 is 1.32 bits per heavy atom.